The number of carbonyl (C=O) groups is 1. The van der Waals surface area contributed by atoms with E-state index in [4.69, 9.17) is 22.9 Å². The Morgan fingerprint density at radius 3 is 2.94 bits per heavy atom. The van der Waals surface area contributed by atoms with Gasteiger partial charge in [0.05, 0.1) is 12.7 Å². The van der Waals surface area contributed by atoms with Gasteiger partial charge in [-0.2, -0.15) is 0 Å². The number of benzene rings is 1. The summed E-state index contributed by atoms with van der Waals surface area (Å²) in [5.74, 6) is 0. The Hall–Kier alpha value is -1.77. The van der Waals surface area contributed by atoms with Crippen LogP contribution in [0.4, 0.5) is 16.2 Å². The lowest BCUT2D eigenvalue weighted by molar-refractivity contribution is 0.142. The molecular weight excluding hydrogens is 256 g/mol. The molecule has 1 unspecified atom stereocenters. The Morgan fingerprint density at radius 2 is 2.39 bits per heavy atom. The third kappa shape index (κ3) is 2.13. The predicted molar refractivity (Wildman–Crippen MR) is 67.0 cm³/mol. The molecule has 0 bridgehead atoms. The summed E-state index contributed by atoms with van der Waals surface area (Å²) in [6, 6.07) is 4.24. The van der Waals surface area contributed by atoms with E-state index in [0.717, 1.165) is 0 Å². The van der Waals surface area contributed by atoms with Crippen LogP contribution in [-0.4, -0.2) is 30.0 Å². The second kappa shape index (κ2) is 4.84. The number of hydrogen-bond donors (Lipinski definition) is 1. The normalized spacial score (nSPS) is 20.4. The summed E-state index contributed by atoms with van der Waals surface area (Å²) in [6.45, 7) is 8.64. The number of halogens is 1. The molecule has 1 N–H and O–H groups in total. The summed E-state index contributed by atoms with van der Waals surface area (Å²) in [7, 11) is 0. The summed E-state index contributed by atoms with van der Waals surface area (Å²) in [5.41, 5.74) is 0.836. The van der Waals surface area contributed by atoms with Gasteiger partial charge in [-0.3, -0.25) is 4.90 Å². The topological polar surface area (TPSA) is 54.1 Å². The van der Waals surface area contributed by atoms with Crippen molar-refractivity contribution in [1.29, 1.82) is 0 Å². The number of hydrogen-bond acceptors (Lipinski definition) is 3. The van der Waals surface area contributed by atoms with Crippen LogP contribution >= 0.6 is 11.6 Å². The maximum atomic E-state index is 11.6. The number of anilines is 1. The quantitative estimate of drug-likeness (QED) is 0.837. The molecule has 0 radical (unpaired) electrons. The lowest BCUT2D eigenvalue weighted by Gasteiger charge is -2.23. The molecule has 2 atom stereocenters. The Bertz CT molecular complexity index is 525. The fraction of sp³-hybridized carbons (Fsp3) is 0.333. The van der Waals surface area contributed by atoms with Crippen molar-refractivity contribution in [1.82, 2.24) is 0 Å². The predicted octanol–water partition coefficient (Wildman–Crippen LogP) is 2.60. The highest BCUT2D eigenvalue weighted by Crippen LogP contribution is 2.32. The number of aliphatic hydroxyl groups excluding tert-OH is 1. The fourth-order valence-corrected chi connectivity index (χ4v) is 2.04. The van der Waals surface area contributed by atoms with E-state index < -0.39 is 18.2 Å². The van der Waals surface area contributed by atoms with Crippen molar-refractivity contribution in [3.8, 4) is 0 Å². The summed E-state index contributed by atoms with van der Waals surface area (Å²) in [4.78, 5) is 16.2. The van der Waals surface area contributed by atoms with Crippen molar-refractivity contribution in [2.24, 2.45) is 0 Å². The van der Waals surface area contributed by atoms with Crippen LogP contribution in [0.15, 0.2) is 18.2 Å². The molecule has 18 heavy (non-hydrogen) atoms. The molecule has 1 aliphatic heterocycles. The fourth-order valence-electron chi connectivity index (χ4n) is 1.82. The molecule has 1 saturated heterocycles. The van der Waals surface area contributed by atoms with Crippen LogP contribution in [0.3, 0.4) is 0 Å². The Labute approximate surface area is 109 Å². The maximum Gasteiger partial charge on any atom is 0.414 e. The van der Waals surface area contributed by atoms with Gasteiger partial charge in [-0.25, -0.2) is 9.64 Å². The number of aliphatic hydroxyl groups is 1. The van der Waals surface area contributed by atoms with Crippen LogP contribution in [0.25, 0.3) is 4.85 Å². The molecule has 2 rings (SSSR count). The molecule has 1 aliphatic rings. The molecule has 0 spiro atoms. The van der Waals surface area contributed by atoms with Gasteiger partial charge in [0.2, 0.25) is 5.69 Å². The van der Waals surface area contributed by atoms with Gasteiger partial charge in [0, 0.05) is 10.7 Å². The Balaban J connectivity index is 2.38. The smallest absolute Gasteiger partial charge is 0.414 e. The molecule has 0 aromatic heterocycles. The number of nitrogens with zero attached hydrogens (tertiary/aromatic N) is 2. The monoisotopic (exact) mass is 266 g/mol. The molecule has 1 amide bonds. The van der Waals surface area contributed by atoms with Gasteiger partial charge in [0.25, 0.3) is 0 Å². The third-order valence-corrected chi connectivity index (χ3v) is 3.10. The zero-order valence-electron chi connectivity index (χ0n) is 9.63. The first-order valence-electron chi connectivity index (χ1n) is 5.35. The summed E-state index contributed by atoms with van der Waals surface area (Å²) in [6.07, 6.45) is -1.23. The second-order valence-electron chi connectivity index (χ2n) is 4.00. The van der Waals surface area contributed by atoms with E-state index in [1.165, 1.54) is 17.0 Å². The molecule has 5 nitrogen and oxygen atoms in total. The minimum absolute atomic E-state index is 0.138. The van der Waals surface area contributed by atoms with Crippen molar-refractivity contribution in [2.45, 2.75) is 19.1 Å². The zero-order valence-corrected chi connectivity index (χ0v) is 10.4. The molecule has 0 saturated carbocycles. The summed E-state index contributed by atoms with van der Waals surface area (Å²) < 4.78 is 4.91. The SMILES string of the molecule is [C-]#[N+]c1ccc(N2C(=O)OCC2[C@@H](C)O)cc1Cl. The average molecular weight is 267 g/mol. The van der Waals surface area contributed by atoms with Crippen LogP contribution in [0.1, 0.15) is 6.92 Å². The molecule has 1 aromatic rings. The van der Waals surface area contributed by atoms with Crippen LogP contribution in [-0.2, 0) is 4.74 Å². The molecular formula is C12H11ClN2O3. The third-order valence-electron chi connectivity index (χ3n) is 2.79. The van der Waals surface area contributed by atoms with E-state index in [-0.39, 0.29) is 11.6 Å². The standard InChI is InChI=1S/C12H11ClN2O3/c1-7(16)11-6-18-12(17)15(11)8-3-4-10(14-2)9(13)5-8/h3-5,7,11,16H,6H2,1H3/t7-,11?/m1/s1. The number of amides is 1. The number of rotatable bonds is 2. The van der Waals surface area contributed by atoms with E-state index in [9.17, 15) is 9.90 Å². The van der Waals surface area contributed by atoms with Gasteiger partial charge < -0.3 is 9.84 Å². The largest absolute Gasteiger partial charge is 0.447 e. The first-order valence-corrected chi connectivity index (χ1v) is 5.73. The Kier molecular flexibility index (Phi) is 3.41. The van der Waals surface area contributed by atoms with Crippen LogP contribution in [0.5, 0.6) is 0 Å². The summed E-state index contributed by atoms with van der Waals surface area (Å²) in [5, 5.41) is 9.89. The average Bonchev–Trinajstić information content (AvgIpc) is 2.71. The zero-order chi connectivity index (χ0) is 13.3. The lowest BCUT2D eigenvalue weighted by atomic mass is 10.1. The highest BCUT2D eigenvalue weighted by Gasteiger charge is 2.37. The number of cyclic esters (lactones) is 1. The summed E-state index contributed by atoms with van der Waals surface area (Å²) >= 11 is 5.93. The molecule has 1 heterocycles. The van der Waals surface area contributed by atoms with Gasteiger partial charge >= 0.3 is 6.09 Å². The number of carbonyl (C=O) groups excluding carboxylic acids is 1. The van der Waals surface area contributed by atoms with Crippen molar-refractivity contribution in [3.05, 3.63) is 34.6 Å². The van der Waals surface area contributed by atoms with Crippen molar-refractivity contribution < 1.29 is 14.6 Å². The van der Waals surface area contributed by atoms with E-state index in [2.05, 4.69) is 4.85 Å². The molecule has 1 aromatic carbocycles. The lowest BCUT2D eigenvalue weighted by Crippen LogP contribution is -2.40. The number of ether oxygens (including phenoxy) is 1. The Morgan fingerprint density at radius 1 is 1.67 bits per heavy atom. The van der Waals surface area contributed by atoms with Crippen LogP contribution in [0.2, 0.25) is 5.02 Å². The van der Waals surface area contributed by atoms with Gasteiger partial charge in [-0.05, 0) is 19.1 Å². The minimum Gasteiger partial charge on any atom is -0.447 e. The second-order valence-corrected chi connectivity index (χ2v) is 4.41. The first kappa shape index (κ1) is 12.7. The molecule has 94 valence electrons. The molecule has 0 aliphatic carbocycles. The van der Waals surface area contributed by atoms with Gasteiger partial charge in [0.15, 0.2) is 0 Å². The van der Waals surface area contributed by atoms with E-state index in [1.54, 1.807) is 13.0 Å². The first-order chi connectivity index (χ1) is 8.54. The van der Waals surface area contributed by atoms with E-state index in [0.29, 0.717) is 11.4 Å². The van der Waals surface area contributed by atoms with Gasteiger partial charge in [-0.15, -0.1) is 0 Å². The maximum absolute atomic E-state index is 11.6. The molecule has 6 heteroatoms. The van der Waals surface area contributed by atoms with Crippen LogP contribution in [0, 0.1) is 6.57 Å². The van der Waals surface area contributed by atoms with Gasteiger partial charge in [-0.1, -0.05) is 17.7 Å². The highest BCUT2D eigenvalue weighted by atomic mass is 35.5. The van der Waals surface area contributed by atoms with E-state index in [1.807, 2.05) is 0 Å². The van der Waals surface area contributed by atoms with Crippen molar-refractivity contribution in [2.75, 3.05) is 11.5 Å². The van der Waals surface area contributed by atoms with Gasteiger partial charge in [0.1, 0.15) is 12.6 Å². The van der Waals surface area contributed by atoms with E-state index >= 15 is 0 Å². The molecule has 1 fully saturated rings. The minimum atomic E-state index is -0.712. The van der Waals surface area contributed by atoms with Crippen molar-refractivity contribution in [3.63, 3.8) is 0 Å². The van der Waals surface area contributed by atoms with Crippen molar-refractivity contribution >= 4 is 29.1 Å². The highest BCUT2D eigenvalue weighted by molar-refractivity contribution is 6.33. The van der Waals surface area contributed by atoms with Crippen LogP contribution < -0.4 is 4.90 Å².